The van der Waals surface area contributed by atoms with E-state index in [4.69, 9.17) is 0 Å². The van der Waals surface area contributed by atoms with E-state index in [2.05, 4.69) is 137 Å². The Bertz CT molecular complexity index is 1930. The van der Waals surface area contributed by atoms with E-state index in [1.807, 2.05) is 0 Å². The average Bonchev–Trinajstić information content (AvgIpc) is 3.61. The minimum absolute atomic E-state index is 0. The largest absolute Gasteiger partial charge is 1.00 e. The summed E-state index contributed by atoms with van der Waals surface area (Å²) in [6.07, 6.45) is 23.3. The molecule has 0 bridgehead atoms. The van der Waals surface area contributed by atoms with Gasteiger partial charge in [0.05, 0.1) is 0 Å². The summed E-state index contributed by atoms with van der Waals surface area (Å²) in [5.41, 5.74) is 11.6. The predicted molar refractivity (Wildman–Crippen MR) is 245 cm³/mol. The molecule has 8 rings (SSSR count). The third kappa shape index (κ3) is 14.2. The zero-order valence-corrected chi connectivity index (χ0v) is 41.0. The second kappa shape index (κ2) is 25.5. The second-order valence-corrected chi connectivity index (χ2v) is 25.5. The van der Waals surface area contributed by atoms with E-state index in [0.29, 0.717) is 0 Å². The zero-order chi connectivity index (χ0) is 39.1. The quantitative estimate of drug-likeness (QED) is 0.0730. The molecule has 0 unspecified atom stereocenters. The Balaban J connectivity index is 0.000000219. The molecule has 0 atom stereocenters. The molecule has 58 heavy (non-hydrogen) atoms. The first kappa shape index (κ1) is 48.4. The van der Waals surface area contributed by atoms with Crippen LogP contribution in [0.25, 0.3) is 43.8 Å². The molecule has 308 valence electrons. The maximum absolute atomic E-state index is 2.46. The number of hydrogen-bond acceptors (Lipinski definition) is 0. The summed E-state index contributed by atoms with van der Waals surface area (Å²) < 4.78 is 0. The third-order valence-corrected chi connectivity index (χ3v) is 15.7. The van der Waals surface area contributed by atoms with Crippen LogP contribution in [0.5, 0.6) is 0 Å². The molecular weight excluding hydrogens is 839 g/mol. The van der Waals surface area contributed by atoms with Crippen LogP contribution >= 0.6 is 0 Å². The fourth-order valence-corrected chi connectivity index (χ4v) is 11.9. The molecule has 2 saturated carbocycles. The van der Waals surface area contributed by atoms with Gasteiger partial charge >= 0.3 is 54.7 Å². The number of fused-ring (bicyclic) bond motifs is 2. The number of hydrogen-bond donors (Lipinski definition) is 0. The van der Waals surface area contributed by atoms with Crippen molar-refractivity contribution in [1.29, 1.82) is 0 Å². The molecule has 2 fully saturated rings. The van der Waals surface area contributed by atoms with Crippen LogP contribution in [0.3, 0.4) is 0 Å². The molecule has 0 aromatic heterocycles. The van der Waals surface area contributed by atoms with Crippen molar-refractivity contribution in [3.05, 3.63) is 131 Å². The Labute approximate surface area is 380 Å². The molecular formula is C54H68Cl2SiZr-2. The van der Waals surface area contributed by atoms with Crippen LogP contribution in [0.4, 0.5) is 0 Å². The normalized spacial score (nSPS) is 14.9. The van der Waals surface area contributed by atoms with Crippen molar-refractivity contribution in [2.24, 2.45) is 11.8 Å². The summed E-state index contributed by atoms with van der Waals surface area (Å²) in [5, 5.41) is 5.66. The molecule has 2 aliphatic rings. The van der Waals surface area contributed by atoms with Gasteiger partial charge in [0.15, 0.2) is 0 Å². The van der Waals surface area contributed by atoms with E-state index in [-0.39, 0.29) is 30.2 Å². The Hall–Kier alpha value is -2.22. The summed E-state index contributed by atoms with van der Waals surface area (Å²) >= 11 is 1.79. The van der Waals surface area contributed by atoms with Crippen LogP contribution in [0.1, 0.15) is 126 Å². The van der Waals surface area contributed by atoms with Crippen LogP contribution in [0, 0.1) is 11.8 Å². The molecule has 6 aromatic rings. The van der Waals surface area contributed by atoms with Gasteiger partial charge < -0.3 is 24.8 Å². The van der Waals surface area contributed by atoms with Gasteiger partial charge in [-0.2, -0.15) is 12.1 Å². The van der Waals surface area contributed by atoms with Crippen molar-refractivity contribution in [2.75, 3.05) is 0 Å². The number of aryl methyl sites for hydroxylation is 2. The monoisotopic (exact) mass is 904 g/mol. The van der Waals surface area contributed by atoms with Crippen molar-refractivity contribution in [2.45, 2.75) is 143 Å². The van der Waals surface area contributed by atoms with Crippen LogP contribution in [-0.4, -0.2) is 5.43 Å². The van der Waals surface area contributed by atoms with Gasteiger partial charge in [0.2, 0.25) is 0 Å². The van der Waals surface area contributed by atoms with Gasteiger partial charge in [-0.15, -0.1) is 69.1 Å². The van der Waals surface area contributed by atoms with Crippen LogP contribution in [0.2, 0.25) is 12.6 Å². The fraction of sp³-hybridized carbons (Fsp3) is 0.444. The Kier molecular flexibility index (Phi) is 21.3. The Morgan fingerprint density at radius 3 is 1.22 bits per heavy atom. The molecule has 2 aliphatic carbocycles. The SMILES string of the molecule is CCC[Si](C)=[Zr+2].CCc1ccc(-c2cccc3[cH-]c(CC4CCCCCC4)cc23)cc1.CCc1ccc(-c2cccc3[cH-]c(CC4CCCCCC4)cc23)cc1.[Cl-].[Cl-]. The smallest absolute Gasteiger partial charge is 0.0279 e. The molecule has 4 heteroatoms. The molecule has 0 nitrogen and oxygen atoms in total. The van der Waals surface area contributed by atoms with E-state index < -0.39 is 0 Å². The molecule has 0 radical (unpaired) electrons. The first-order chi connectivity index (χ1) is 27.4. The summed E-state index contributed by atoms with van der Waals surface area (Å²) in [6.45, 7) is 9.09. The Morgan fingerprint density at radius 1 is 0.534 bits per heavy atom. The first-order valence-corrected chi connectivity index (χ1v) is 28.4. The van der Waals surface area contributed by atoms with Gasteiger partial charge in [-0.3, -0.25) is 0 Å². The summed E-state index contributed by atoms with van der Waals surface area (Å²) in [7, 11) is 0. The van der Waals surface area contributed by atoms with Crippen LogP contribution in [-0.2, 0) is 49.0 Å². The molecule has 0 heterocycles. The van der Waals surface area contributed by atoms with Crippen molar-refractivity contribution < 1.29 is 48.1 Å². The van der Waals surface area contributed by atoms with E-state index in [9.17, 15) is 0 Å². The average molecular weight is 907 g/mol. The van der Waals surface area contributed by atoms with Gasteiger partial charge in [-0.05, 0) is 59.8 Å². The summed E-state index contributed by atoms with van der Waals surface area (Å²) in [4.78, 5) is 0. The zero-order valence-electron chi connectivity index (χ0n) is 36.0. The maximum atomic E-state index is 2.46. The molecule has 0 amide bonds. The fourth-order valence-electron chi connectivity index (χ4n) is 9.35. The van der Waals surface area contributed by atoms with Crippen LogP contribution < -0.4 is 24.8 Å². The van der Waals surface area contributed by atoms with Crippen molar-refractivity contribution in [1.82, 2.24) is 0 Å². The van der Waals surface area contributed by atoms with E-state index in [1.54, 1.807) is 34.5 Å². The Morgan fingerprint density at radius 2 is 0.914 bits per heavy atom. The van der Waals surface area contributed by atoms with Gasteiger partial charge in [-0.25, -0.2) is 0 Å². The van der Waals surface area contributed by atoms with Crippen molar-refractivity contribution in [3.63, 3.8) is 0 Å². The maximum Gasteiger partial charge on any atom is -0.0279 e. The summed E-state index contributed by atoms with van der Waals surface area (Å²) in [6, 6.07) is 43.0. The van der Waals surface area contributed by atoms with Gasteiger partial charge in [0.1, 0.15) is 0 Å². The minimum Gasteiger partial charge on any atom is -1.00 e. The first-order valence-electron chi connectivity index (χ1n) is 22.5. The van der Waals surface area contributed by atoms with Crippen molar-refractivity contribution >= 4 is 27.0 Å². The topological polar surface area (TPSA) is 0 Å². The molecule has 0 N–H and O–H groups in total. The van der Waals surface area contributed by atoms with Gasteiger partial charge in [0, 0.05) is 0 Å². The van der Waals surface area contributed by atoms with E-state index in [0.717, 1.165) is 24.7 Å². The summed E-state index contributed by atoms with van der Waals surface area (Å²) in [5.74, 6) is 1.79. The predicted octanol–water partition coefficient (Wildman–Crippen LogP) is 10.2. The molecule has 0 spiro atoms. The molecule has 0 aliphatic heterocycles. The van der Waals surface area contributed by atoms with Gasteiger partial charge in [-0.1, -0.05) is 163 Å². The molecule has 6 aromatic carbocycles. The second-order valence-electron chi connectivity index (χ2n) is 17.1. The van der Waals surface area contributed by atoms with Crippen molar-refractivity contribution in [3.8, 4) is 22.3 Å². The standard InChI is InChI=1S/2C25H29.C4H10Si.2ClH.Zr/c2*1-2-19-12-14-22(15-13-19)24-11-7-10-23-17-21(18-25(23)24)16-20-8-5-3-4-6-9-20;1-3-4-5-2;;;/h2*7,10-15,17-18,20H,2-6,8-9,16H2,1H3;3-4H2,1-2H3;2*1H;/q2*-1;;;;+2/p-2. The van der Waals surface area contributed by atoms with Crippen LogP contribution in [0.15, 0.2) is 109 Å². The van der Waals surface area contributed by atoms with E-state index >= 15 is 0 Å². The minimum atomic E-state index is 0. The van der Waals surface area contributed by atoms with Gasteiger partial charge in [0.25, 0.3) is 0 Å². The number of halogens is 2. The third-order valence-electron chi connectivity index (χ3n) is 12.6. The molecule has 0 saturated heterocycles. The number of rotatable bonds is 10. The number of benzene rings is 4. The van der Waals surface area contributed by atoms with E-state index in [1.165, 1.54) is 157 Å².